The number of fused-ring (bicyclic) bond motifs is 1. The maximum atomic E-state index is 12.6. The molecular formula is C13H17BrN2O2S. The number of nitrogens with one attached hydrogen (secondary N) is 1. The summed E-state index contributed by atoms with van der Waals surface area (Å²) >= 11 is 3.33. The predicted octanol–water partition coefficient (Wildman–Crippen LogP) is 1.82. The lowest BCUT2D eigenvalue weighted by Gasteiger charge is -2.34. The maximum absolute atomic E-state index is 12.6. The number of sulfonamides is 1. The van der Waals surface area contributed by atoms with E-state index in [9.17, 15) is 8.42 Å². The van der Waals surface area contributed by atoms with Gasteiger partial charge in [-0.05, 0) is 43.5 Å². The summed E-state index contributed by atoms with van der Waals surface area (Å²) in [6.07, 6.45) is 1.99. The summed E-state index contributed by atoms with van der Waals surface area (Å²) in [4.78, 5) is 0.381. The molecular weight excluding hydrogens is 328 g/mol. The summed E-state index contributed by atoms with van der Waals surface area (Å²) in [5.41, 5.74) is 0. The fraction of sp³-hybridized carbons (Fsp3) is 0.538. The van der Waals surface area contributed by atoms with Crippen molar-refractivity contribution in [3.8, 4) is 0 Å². The van der Waals surface area contributed by atoms with Crippen molar-refractivity contribution in [2.45, 2.75) is 23.8 Å². The first-order valence-corrected chi connectivity index (χ1v) is 8.80. The second-order valence-electron chi connectivity index (χ2n) is 5.22. The molecule has 2 fully saturated rings. The molecule has 0 spiro atoms. The molecule has 0 aliphatic carbocycles. The van der Waals surface area contributed by atoms with Gasteiger partial charge in [0.1, 0.15) is 0 Å². The Labute approximate surface area is 122 Å². The quantitative estimate of drug-likeness (QED) is 0.890. The standard InChI is InChI=1S/C13H17BrN2O2S/c14-11-2-1-3-12(8-11)19(17,18)16-7-5-13-10(9-16)4-6-15-13/h1-3,8,10,13,15H,4-7,9H2. The molecule has 2 atom stereocenters. The molecule has 2 heterocycles. The highest BCUT2D eigenvalue weighted by Gasteiger charge is 2.37. The van der Waals surface area contributed by atoms with Crippen LogP contribution in [0.15, 0.2) is 33.6 Å². The van der Waals surface area contributed by atoms with Gasteiger partial charge in [-0.25, -0.2) is 8.42 Å². The smallest absolute Gasteiger partial charge is 0.243 e. The molecule has 4 nitrogen and oxygen atoms in total. The third-order valence-electron chi connectivity index (χ3n) is 4.05. The number of hydrogen-bond donors (Lipinski definition) is 1. The Hall–Kier alpha value is -0.430. The van der Waals surface area contributed by atoms with Crippen molar-refractivity contribution in [1.82, 2.24) is 9.62 Å². The number of rotatable bonds is 2. The molecule has 0 saturated carbocycles. The van der Waals surface area contributed by atoms with Crippen LogP contribution in [0.25, 0.3) is 0 Å². The second-order valence-corrected chi connectivity index (χ2v) is 8.07. The Morgan fingerprint density at radius 3 is 2.95 bits per heavy atom. The van der Waals surface area contributed by atoms with Crippen LogP contribution in [0.2, 0.25) is 0 Å². The minimum absolute atomic E-state index is 0.381. The molecule has 3 rings (SSSR count). The molecule has 2 unspecified atom stereocenters. The van der Waals surface area contributed by atoms with Crippen molar-refractivity contribution in [3.05, 3.63) is 28.7 Å². The van der Waals surface area contributed by atoms with Crippen LogP contribution in [0.1, 0.15) is 12.8 Å². The van der Waals surface area contributed by atoms with Crippen molar-refractivity contribution in [1.29, 1.82) is 0 Å². The summed E-state index contributed by atoms with van der Waals surface area (Å²) < 4.78 is 27.7. The summed E-state index contributed by atoms with van der Waals surface area (Å²) in [6, 6.07) is 7.45. The minimum atomic E-state index is -3.35. The van der Waals surface area contributed by atoms with E-state index in [1.54, 1.807) is 22.5 Å². The Morgan fingerprint density at radius 2 is 2.16 bits per heavy atom. The van der Waals surface area contributed by atoms with Crippen LogP contribution in [0.3, 0.4) is 0 Å². The van der Waals surface area contributed by atoms with Crippen LogP contribution in [0, 0.1) is 5.92 Å². The van der Waals surface area contributed by atoms with Gasteiger partial charge >= 0.3 is 0 Å². The summed E-state index contributed by atoms with van der Waals surface area (Å²) in [7, 11) is -3.35. The molecule has 104 valence electrons. The zero-order valence-electron chi connectivity index (χ0n) is 10.5. The largest absolute Gasteiger partial charge is 0.314 e. The molecule has 6 heteroatoms. The molecule has 2 aliphatic heterocycles. The number of halogens is 1. The van der Waals surface area contributed by atoms with E-state index in [1.165, 1.54) is 0 Å². The van der Waals surface area contributed by atoms with E-state index in [-0.39, 0.29) is 0 Å². The van der Waals surface area contributed by atoms with E-state index in [0.29, 0.717) is 29.9 Å². The van der Waals surface area contributed by atoms with Gasteiger partial charge in [-0.3, -0.25) is 0 Å². The molecule has 1 aromatic rings. The number of hydrogen-bond acceptors (Lipinski definition) is 3. The average molecular weight is 345 g/mol. The summed E-state index contributed by atoms with van der Waals surface area (Å²) in [6.45, 7) is 2.27. The van der Waals surface area contributed by atoms with Crippen molar-refractivity contribution in [2.24, 2.45) is 5.92 Å². The third kappa shape index (κ3) is 2.59. The van der Waals surface area contributed by atoms with Gasteiger partial charge in [0.2, 0.25) is 10.0 Å². The van der Waals surface area contributed by atoms with Crippen molar-refractivity contribution < 1.29 is 8.42 Å². The van der Waals surface area contributed by atoms with Gasteiger partial charge in [0.25, 0.3) is 0 Å². The SMILES string of the molecule is O=S(=O)(c1cccc(Br)c1)N1CCC2NCCC2C1. The van der Waals surface area contributed by atoms with E-state index in [1.807, 2.05) is 6.07 Å². The lowest BCUT2D eigenvalue weighted by Crippen LogP contribution is -2.46. The van der Waals surface area contributed by atoms with Gasteiger partial charge in [-0.2, -0.15) is 4.31 Å². The Bertz CT molecular complexity index is 576. The first kappa shape index (κ1) is 13.5. The molecule has 1 aromatic carbocycles. The molecule has 0 aromatic heterocycles. The van der Waals surface area contributed by atoms with E-state index < -0.39 is 10.0 Å². The fourth-order valence-corrected chi connectivity index (χ4v) is 5.12. The zero-order chi connectivity index (χ0) is 13.5. The van der Waals surface area contributed by atoms with Gasteiger partial charge < -0.3 is 5.32 Å². The first-order valence-electron chi connectivity index (χ1n) is 6.56. The van der Waals surface area contributed by atoms with E-state index in [0.717, 1.165) is 23.9 Å². The number of benzene rings is 1. The van der Waals surface area contributed by atoms with Gasteiger partial charge in [-0.1, -0.05) is 22.0 Å². The molecule has 1 N–H and O–H groups in total. The average Bonchev–Trinajstić information content (AvgIpc) is 2.85. The van der Waals surface area contributed by atoms with Crippen LogP contribution in [0.5, 0.6) is 0 Å². The second kappa shape index (κ2) is 5.16. The van der Waals surface area contributed by atoms with E-state index >= 15 is 0 Å². The fourth-order valence-electron chi connectivity index (χ4n) is 3.01. The van der Waals surface area contributed by atoms with Crippen molar-refractivity contribution in [3.63, 3.8) is 0 Å². The Balaban J connectivity index is 1.85. The normalized spacial score (nSPS) is 28.3. The Morgan fingerprint density at radius 1 is 1.32 bits per heavy atom. The van der Waals surface area contributed by atoms with Crippen LogP contribution in [-0.4, -0.2) is 38.4 Å². The Kier molecular flexibility index (Phi) is 3.68. The number of piperidine rings is 1. The predicted molar refractivity (Wildman–Crippen MR) is 77.4 cm³/mol. The minimum Gasteiger partial charge on any atom is -0.314 e. The molecule has 0 amide bonds. The van der Waals surface area contributed by atoms with Crippen molar-refractivity contribution in [2.75, 3.05) is 19.6 Å². The summed E-state index contributed by atoms with van der Waals surface area (Å²) in [5.74, 6) is 0.468. The molecule has 2 aliphatic rings. The highest BCUT2D eigenvalue weighted by atomic mass is 79.9. The topological polar surface area (TPSA) is 49.4 Å². The zero-order valence-corrected chi connectivity index (χ0v) is 13.0. The summed E-state index contributed by atoms with van der Waals surface area (Å²) in [5, 5.41) is 3.45. The van der Waals surface area contributed by atoms with Crippen LogP contribution >= 0.6 is 15.9 Å². The van der Waals surface area contributed by atoms with Crippen LogP contribution < -0.4 is 5.32 Å². The van der Waals surface area contributed by atoms with Crippen LogP contribution in [0.4, 0.5) is 0 Å². The first-order chi connectivity index (χ1) is 9.07. The lowest BCUT2D eigenvalue weighted by atomic mass is 9.95. The van der Waals surface area contributed by atoms with E-state index in [4.69, 9.17) is 0 Å². The maximum Gasteiger partial charge on any atom is 0.243 e. The lowest BCUT2D eigenvalue weighted by molar-refractivity contribution is 0.247. The third-order valence-corrected chi connectivity index (χ3v) is 6.41. The van der Waals surface area contributed by atoms with Gasteiger partial charge in [0.15, 0.2) is 0 Å². The van der Waals surface area contributed by atoms with Gasteiger partial charge in [0, 0.05) is 23.6 Å². The van der Waals surface area contributed by atoms with Gasteiger partial charge in [0.05, 0.1) is 4.90 Å². The number of nitrogens with zero attached hydrogens (tertiary/aromatic N) is 1. The van der Waals surface area contributed by atoms with Gasteiger partial charge in [-0.15, -0.1) is 0 Å². The van der Waals surface area contributed by atoms with Crippen molar-refractivity contribution >= 4 is 26.0 Å². The highest BCUT2D eigenvalue weighted by Crippen LogP contribution is 2.29. The molecule has 0 radical (unpaired) electrons. The molecule has 19 heavy (non-hydrogen) atoms. The monoisotopic (exact) mass is 344 g/mol. The molecule has 2 saturated heterocycles. The van der Waals surface area contributed by atoms with E-state index in [2.05, 4.69) is 21.2 Å². The highest BCUT2D eigenvalue weighted by molar-refractivity contribution is 9.10. The molecule has 0 bridgehead atoms. The van der Waals surface area contributed by atoms with Crippen LogP contribution in [-0.2, 0) is 10.0 Å².